The van der Waals surface area contributed by atoms with Crippen molar-refractivity contribution in [2.75, 3.05) is 19.6 Å². The number of rotatable bonds is 6. The van der Waals surface area contributed by atoms with E-state index in [1.165, 1.54) is 6.07 Å². The Hall–Kier alpha value is -2.05. The molecule has 1 heterocycles. The lowest BCUT2D eigenvalue weighted by atomic mass is 9.87. The van der Waals surface area contributed by atoms with Crippen LogP contribution in [0.4, 0.5) is 13.2 Å². The molecule has 1 N–H and O–H groups in total. The fourth-order valence-corrected chi connectivity index (χ4v) is 3.40. The van der Waals surface area contributed by atoms with Gasteiger partial charge in [-0.1, -0.05) is 39.0 Å². The average Bonchev–Trinajstić information content (AvgIpc) is 3.05. The zero-order valence-corrected chi connectivity index (χ0v) is 16.0. The summed E-state index contributed by atoms with van der Waals surface area (Å²) in [4.78, 5) is 26.4. The van der Waals surface area contributed by atoms with E-state index in [0.717, 1.165) is 18.6 Å². The van der Waals surface area contributed by atoms with E-state index in [0.29, 0.717) is 24.4 Å². The molecular formula is C20H27F3N2O2. The first kappa shape index (κ1) is 21.3. The highest BCUT2D eigenvalue weighted by Crippen LogP contribution is 2.36. The predicted octanol–water partition coefficient (Wildman–Crippen LogP) is 3.82. The Kier molecular flexibility index (Phi) is 6.89. The van der Waals surface area contributed by atoms with E-state index in [4.69, 9.17) is 0 Å². The third-order valence-electron chi connectivity index (χ3n) is 4.97. The number of alkyl halides is 3. The molecule has 1 fully saturated rings. The molecule has 1 aliphatic heterocycles. The minimum atomic E-state index is -4.44. The number of benzene rings is 1. The van der Waals surface area contributed by atoms with E-state index in [1.807, 2.05) is 0 Å². The second kappa shape index (κ2) is 8.76. The van der Waals surface area contributed by atoms with E-state index in [9.17, 15) is 22.8 Å². The van der Waals surface area contributed by atoms with Crippen molar-refractivity contribution in [3.05, 3.63) is 35.4 Å². The van der Waals surface area contributed by atoms with Crippen molar-refractivity contribution in [3.63, 3.8) is 0 Å². The van der Waals surface area contributed by atoms with Gasteiger partial charge in [-0.15, -0.1) is 0 Å². The van der Waals surface area contributed by atoms with Crippen LogP contribution in [0.1, 0.15) is 50.7 Å². The van der Waals surface area contributed by atoms with Crippen LogP contribution in [0.25, 0.3) is 0 Å². The number of hydrogen-bond donors (Lipinski definition) is 1. The second-order valence-corrected chi connectivity index (χ2v) is 7.46. The van der Waals surface area contributed by atoms with Crippen molar-refractivity contribution in [3.8, 4) is 0 Å². The summed E-state index contributed by atoms with van der Waals surface area (Å²) in [5, 5.41) is 2.88. The van der Waals surface area contributed by atoms with Crippen LogP contribution in [-0.4, -0.2) is 36.3 Å². The molecule has 1 aliphatic rings. The maximum absolute atomic E-state index is 13.1. The number of nitrogens with zero attached hydrogens (tertiary/aromatic N) is 1. The van der Waals surface area contributed by atoms with Crippen molar-refractivity contribution in [1.29, 1.82) is 0 Å². The van der Waals surface area contributed by atoms with Crippen molar-refractivity contribution in [1.82, 2.24) is 10.2 Å². The normalized spacial score (nSPS) is 20.2. The maximum Gasteiger partial charge on any atom is 0.416 e. The van der Waals surface area contributed by atoms with E-state index >= 15 is 0 Å². The summed E-state index contributed by atoms with van der Waals surface area (Å²) in [6.07, 6.45) is -3.32. The molecule has 1 aromatic carbocycles. The third kappa shape index (κ3) is 5.47. The first-order valence-electron chi connectivity index (χ1n) is 9.36. The summed E-state index contributed by atoms with van der Waals surface area (Å²) >= 11 is 0. The minimum absolute atomic E-state index is 0.0931. The Morgan fingerprint density at radius 1 is 1.26 bits per heavy atom. The van der Waals surface area contributed by atoms with Gasteiger partial charge in [0, 0.05) is 32.0 Å². The average molecular weight is 384 g/mol. The van der Waals surface area contributed by atoms with Gasteiger partial charge in [0.25, 0.3) is 0 Å². The van der Waals surface area contributed by atoms with Crippen LogP contribution in [0.5, 0.6) is 0 Å². The van der Waals surface area contributed by atoms with Crippen LogP contribution in [0.15, 0.2) is 24.3 Å². The summed E-state index contributed by atoms with van der Waals surface area (Å²) in [5.74, 6) is -0.849. The number of likely N-dealkylation sites (tertiary alicyclic amines) is 1. The summed E-state index contributed by atoms with van der Waals surface area (Å²) in [6, 6.07) is 5.08. The Bertz CT molecular complexity index is 673. The number of amides is 2. The fraction of sp³-hybridized carbons (Fsp3) is 0.600. The molecule has 1 saturated heterocycles. The van der Waals surface area contributed by atoms with Gasteiger partial charge in [0.1, 0.15) is 0 Å². The lowest BCUT2D eigenvalue weighted by Gasteiger charge is -2.19. The van der Waals surface area contributed by atoms with Gasteiger partial charge in [-0.25, -0.2) is 0 Å². The number of halogens is 3. The molecule has 0 aliphatic carbocycles. The van der Waals surface area contributed by atoms with Gasteiger partial charge < -0.3 is 10.2 Å². The van der Waals surface area contributed by atoms with Gasteiger partial charge in [-0.3, -0.25) is 9.59 Å². The zero-order valence-electron chi connectivity index (χ0n) is 16.0. The van der Waals surface area contributed by atoms with Crippen molar-refractivity contribution < 1.29 is 22.8 Å². The molecule has 2 amide bonds. The molecular weight excluding hydrogens is 357 g/mol. The summed E-state index contributed by atoms with van der Waals surface area (Å²) in [5.41, 5.74) is -0.292. The number of nitrogens with one attached hydrogen (secondary N) is 1. The molecule has 1 aromatic rings. The van der Waals surface area contributed by atoms with Gasteiger partial charge >= 0.3 is 6.18 Å². The number of hydrogen-bond acceptors (Lipinski definition) is 2. The minimum Gasteiger partial charge on any atom is -0.356 e. The van der Waals surface area contributed by atoms with Crippen molar-refractivity contribution >= 4 is 11.8 Å². The predicted molar refractivity (Wildman–Crippen MR) is 97.0 cm³/mol. The van der Waals surface area contributed by atoms with E-state index in [1.54, 1.807) is 17.9 Å². The molecule has 0 saturated carbocycles. The second-order valence-electron chi connectivity index (χ2n) is 7.46. The Labute approximate surface area is 158 Å². The topological polar surface area (TPSA) is 49.4 Å². The molecule has 7 heteroatoms. The Morgan fingerprint density at radius 3 is 2.56 bits per heavy atom. The van der Waals surface area contributed by atoms with E-state index in [-0.39, 0.29) is 24.9 Å². The van der Waals surface area contributed by atoms with Gasteiger partial charge in [0.15, 0.2) is 0 Å². The quantitative estimate of drug-likeness (QED) is 0.811. The summed E-state index contributed by atoms with van der Waals surface area (Å²) in [7, 11) is 0. The van der Waals surface area contributed by atoms with Crippen molar-refractivity contribution in [2.45, 2.75) is 45.7 Å². The molecule has 0 spiro atoms. The third-order valence-corrected chi connectivity index (χ3v) is 4.97. The van der Waals surface area contributed by atoms with Crippen molar-refractivity contribution in [2.24, 2.45) is 11.8 Å². The molecule has 0 bridgehead atoms. The van der Waals surface area contributed by atoms with Crippen LogP contribution in [-0.2, 0) is 15.8 Å². The van der Waals surface area contributed by atoms with Gasteiger partial charge in [-0.2, -0.15) is 13.2 Å². The standard InChI is InChI=1S/C20H27F3N2O2/c1-4-18(26)25-11-16(14-6-5-7-15(10-14)20(21,22)23)17(12-25)19(27)24-9-8-13(2)3/h5-7,10,13,16-17H,4,8-9,11-12H2,1-3H3,(H,24,27)/t16-,17-/m1/s1. The lowest BCUT2D eigenvalue weighted by Crippen LogP contribution is -2.36. The summed E-state index contributed by atoms with van der Waals surface area (Å²) in [6.45, 7) is 6.85. The first-order chi connectivity index (χ1) is 12.6. The largest absolute Gasteiger partial charge is 0.416 e. The molecule has 0 aromatic heterocycles. The van der Waals surface area contributed by atoms with E-state index < -0.39 is 23.6 Å². The highest BCUT2D eigenvalue weighted by Gasteiger charge is 2.40. The molecule has 0 radical (unpaired) electrons. The molecule has 150 valence electrons. The lowest BCUT2D eigenvalue weighted by molar-refractivity contribution is -0.137. The Balaban J connectivity index is 2.24. The monoisotopic (exact) mass is 384 g/mol. The van der Waals surface area contributed by atoms with Crippen LogP contribution < -0.4 is 5.32 Å². The maximum atomic E-state index is 13.1. The SMILES string of the molecule is CCC(=O)N1C[C@H](c2cccc(C(F)(F)F)c2)[C@H](C(=O)NCCC(C)C)C1. The zero-order chi connectivity index (χ0) is 20.2. The van der Waals surface area contributed by atoms with E-state index in [2.05, 4.69) is 19.2 Å². The smallest absolute Gasteiger partial charge is 0.356 e. The van der Waals surface area contributed by atoms with Crippen LogP contribution in [0.2, 0.25) is 0 Å². The highest BCUT2D eigenvalue weighted by molar-refractivity contribution is 5.83. The number of carbonyl (C=O) groups excluding carboxylic acids is 2. The van der Waals surface area contributed by atoms with Gasteiger partial charge in [0.2, 0.25) is 11.8 Å². The van der Waals surface area contributed by atoms with Crippen LogP contribution in [0.3, 0.4) is 0 Å². The summed E-state index contributed by atoms with van der Waals surface area (Å²) < 4.78 is 39.2. The van der Waals surface area contributed by atoms with Gasteiger partial charge in [-0.05, 0) is 24.0 Å². The molecule has 2 atom stereocenters. The first-order valence-corrected chi connectivity index (χ1v) is 9.36. The van der Waals surface area contributed by atoms with Gasteiger partial charge in [0.05, 0.1) is 11.5 Å². The molecule has 2 rings (SSSR count). The number of carbonyl (C=O) groups is 2. The highest BCUT2D eigenvalue weighted by atomic mass is 19.4. The fourth-order valence-electron chi connectivity index (χ4n) is 3.40. The molecule has 4 nitrogen and oxygen atoms in total. The van der Waals surface area contributed by atoms with Crippen LogP contribution >= 0.6 is 0 Å². The Morgan fingerprint density at radius 2 is 1.96 bits per heavy atom. The molecule has 0 unspecified atom stereocenters. The van der Waals surface area contributed by atoms with Crippen LogP contribution in [0, 0.1) is 11.8 Å². The molecule has 27 heavy (non-hydrogen) atoms.